The highest BCUT2D eigenvalue weighted by molar-refractivity contribution is 5.29. The van der Waals surface area contributed by atoms with Crippen LogP contribution in [0.2, 0.25) is 0 Å². The Balaban J connectivity index is 2.55. The van der Waals surface area contributed by atoms with Crippen molar-refractivity contribution >= 4 is 0 Å². The van der Waals surface area contributed by atoms with Crippen molar-refractivity contribution in [2.45, 2.75) is 26.3 Å². The molecule has 0 aliphatic rings. The maximum atomic E-state index is 5.59. The van der Waals surface area contributed by atoms with Crippen molar-refractivity contribution in [3.63, 3.8) is 0 Å². The molecule has 0 saturated heterocycles. The summed E-state index contributed by atoms with van der Waals surface area (Å²) in [6, 6.07) is 3.86. The molecule has 0 aliphatic carbocycles. The summed E-state index contributed by atoms with van der Waals surface area (Å²) in [6.07, 6.45) is 3.83. The van der Waals surface area contributed by atoms with Crippen LogP contribution in [0.3, 0.4) is 0 Å². The number of ether oxygens (including phenoxy) is 1. The third-order valence-electron chi connectivity index (χ3n) is 2.08. The van der Waals surface area contributed by atoms with Crippen LogP contribution in [0.15, 0.2) is 24.8 Å². The van der Waals surface area contributed by atoms with E-state index < -0.39 is 0 Å². The van der Waals surface area contributed by atoms with Gasteiger partial charge in [0.1, 0.15) is 5.75 Å². The van der Waals surface area contributed by atoms with Crippen molar-refractivity contribution in [1.29, 1.82) is 0 Å². The molecule has 1 aromatic rings. The van der Waals surface area contributed by atoms with Gasteiger partial charge in [-0.15, -0.1) is 6.58 Å². The predicted molar refractivity (Wildman–Crippen MR) is 61.8 cm³/mol. The maximum Gasteiger partial charge on any atom is 0.142 e. The van der Waals surface area contributed by atoms with Crippen molar-refractivity contribution in [3.05, 3.63) is 36.2 Å². The second-order valence-corrected chi connectivity index (χ2v) is 3.38. The molecule has 0 amide bonds. The number of allylic oxidation sites excluding steroid dienone is 1. The Morgan fingerprint density at radius 2 is 2.33 bits per heavy atom. The average molecular weight is 206 g/mol. The highest BCUT2D eigenvalue weighted by atomic mass is 16.5. The largest absolute Gasteiger partial charge is 0.492 e. The fourth-order valence-electron chi connectivity index (χ4n) is 1.29. The van der Waals surface area contributed by atoms with E-state index in [4.69, 9.17) is 10.5 Å². The van der Waals surface area contributed by atoms with E-state index >= 15 is 0 Å². The summed E-state index contributed by atoms with van der Waals surface area (Å²) >= 11 is 0. The molecule has 1 heterocycles. The molecule has 0 fully saturated rings. The minimum absolute atomic E-state index is 0.415. The van der Waals surface area contributed by atoms with Crippen LogP contribution in [0, 0.1) is 6.92 Å². The van der Waals surface area contributed by atoms with Gasteiger partial charge in [0, 0.05) is 12.2 Å². The Hall–Kier alpha value is -1.35. The van der Waals surface area contributed by atoms with Crippen molar-refractivity contribution < 1.29 is 4.74 Å². The number of aromatic nitrogens is 1. The first-order valence-electron chi connectivity index (χ1n) is 5.18. The van der Waals surface area contributed by atoms with Crippen LogP contribution in [-0.4, -0.2) is 11.6 Å². The molecule has 1 rings (SSSR count). The van der Waals surface area contributed by atoms with Crippen LogP contribution in [0.25, 0.3) is 0 Å². The number of aryl methyl sites for hydroxylation is 1. The second kappa shape index (κ2) is 6.19. The molecular formula is C12H18N2O. The smallest absolute Gasteiger partial charge is 0.142 e. The van der Waals surface area contributed by atoms with Crippen molar-refractivity contribution in [2.24, 2.45) is 5.73 Å². The van der Waals surface area contributed by atoms with Crippen LogP contribution < -0.4 is 10.5 Å². The van der Waals surface area contributed by atoms with Gasteiger partial charge in [0.25, 0.3) is 0 Å². The third-order valence-corrected chi connectivity index (χ3v) is 2.08. The quantitative estimate of drug-likeness (QED) is 0.573. The maximum absolute atomic E-state index is 5.59. The van der Waals surface area contributed by atoms with E-state index in [2.05, 4.69) is 11.6 Å². The van der Waals surface area contributed by atoms with Gasteiger partial charge in [0.05, 0.1) is 12.3 Å². The van der Waals surface area contributed by atoms with Gasteiger partial charge in [-0.25, -0.2) is 0 Å². The predicted octanol–water partition coefficient (Wildman–Crippen LogP) is 2.19. The van der Waals surface area contributed by atoms with Gasteiger partial charge in [0.2, 0.25) is 0 Å². The topological polar surface area (TPSA) is 48.1 Å². The first kappa shape index (κ1) is 11.7. The van der Waals surface area contributed by atoms with Gasteiger partial charge in [-0.05, 0) is 31.9 Å². The second-order valence-electron chi connectivity index (χ2n) is 3.38. The number of unbranched alkanes of at least 4 members (excludes halogenated alkanes) is 1. The minimum atomic E-state index is 0.415. The fraction of sp³-hybridized carbons (Fsp3) is 0.417. The SMILES string of the molecule is C=CCCCOc1ccc(C)nc1CN. The lowest BCUT2D eigenvalue weighted by molar-refractivity contribution is 0.307. The molecule has 0 saturated carbocycles. The minimum Gasteiger partial charge on any atom is -0.492 e. The molecular weight excluding hydrogens is 188 g/mol. The summed E-state index contributed by atoms with van der Waals surface area (Å²) in [5, 5.41) is 0. The Morgan fingerprint density at radius 3 is 3.00 bits per heavy atom. The highest BCUT2D eigenvalue weighted by Gasteiger charge is 2.03. The molecule has 3 nitrogen and oxygen atoms in total. The van der Waals surface area contributed by atoms with Gasteiger partial charge in [-0.1, -0.05) is 6.08 Å². The van der Waals surface area contributed by atoms with Crippen LogP contribution >= 0.6 is 0 Å². The van der Waals surface area contributed by atoms with E-state index in [1.54, 1.807) is 0 Å². The molecule has 2 N–H and O–H groups in total. The normalized spacial score (nSPS) is 10.0. The van der Waals surface area contributed by atoms with Crippen LogP contribution in [0.4, 0.5) is 0 Å². The first-order chi connectivity index (χ1) is 7.27. The Labute approximate surface area is 91.0 Å². The third kappa shape index (κ3) is 3.72. The van der Waals surface area contributed by atoms with Crippen molar-refractivity contribution in [1.82, 2.24) is 4.98 Å². The zero-order chi connectivity index (χ0) is 11.1. The number of rotatable bonds is 6. The fourth-order valence-corrected chi connectivity index (χ4v) is 1.29. The van der Waals surface area contributed by atoms with Gasteiger partial charge in [0.15, 0.2) is 0 Å². The highest BCUT2D eigenvalue weighted by Crippen LogP contribution is 2.16. The molecule has 0 aromatic carbocycles. The molecule has 0 unspecified atom stereocenters. The van der Waals surface area contributed by atoms with Crippen molar-refractivity contribution in [2.75, 3.05) is 6.61 Å². The summed E-state index contributed by atoms with van der Waals surface area (Å²) in [6.45, 7) is 6.71. The monoisotopic (exact) mass is 206 g/mol. The first-order valence-corrected chi connectivity index (χ1v) is 5.18. The number of hydrogen-bond donors (Lipinski definition) is 1. The number of nitrogens with zero attached hydrogens (tertiary/aromatic N) is 1. The summed E-state index contributed by atoms with van der Waals surface area (Å²) < 4.78 is 5.59. The molecule has 0 bridgehead atoms. The molecule has 3 heteroatoms. The standard InChI is InChI=1S/C12H18N2O/c1-3-4-5-8-15-12-7-6-10(2)14-11(12)9-13/h3,6-7H,1,4-5,8-9,13H2,2H3. The average Bonchev–Trinajstić information content (AvgIpc) is 2.26. The van der Waals surface area contributed by atoms with Gasteiger partial charge in [-0.3, -0.25) is 4.98 Å². The molecule has 0 radical (unpaired) electrons. The summed E-state index contributed by atoms with van der Waals surface area (Å²) in [5.74, 6) is 0.798. The van der Waals surface area contributed by atoms with E-state index in [0.29, 0.717) is 13.2 Å². The van der Waals surface area contributed by atoms with E-state index in [1.807, 2.05) is 25.1 Å². The summed E-state index contributed by atoms with van der Waals surface area (Å²) in [5.41, 5.74) is 7.39. The van der Waals surface area contributed by atoms with Gasteiger partial charge >= 0.3 is 0 Å². The zero-order valence-electron chi connectivity index (χ0n) is 9.20. The van der Waals surface area contributed by atoms with Gasteiger partial charge < -0.3 is 10.5 Å². The van der Waals surface area contributed by atoms with Crippen molar-refractivity contribution in [3.8, 4) is 5.75 Å². The van der Waals surface area contributed by atoms with E-state index in [1.165, 1.54) is 0 Å². The van der Waals surface area contributed by atoms with Crippen LogP contribution in [-0.2, 0) is 6.54 Å². The van der Waals surface area contributed by atoms with E-state index in [0.717, 1.165) is 30.0 Å². The summed E-state index contributed by atoms with van der Waals surface area (Å²) in [4.78, 5) is 4.32. The van der Waals surface area contributed by atoms with Gasteiger partial charge in [-0.2, -0.15) is 0 Å². The lowest BCUT2D eigenvalue weighted by Crippen LogP contribution is -2.06. The Bertz CT molecular complexity index is 323. The number of pyridine rings is 1. The number of nitrogens with two attached hydrogens (primary N) is 1. The Kier molecular flexibility index (Phi) is 4.84. The molecule has 0 spiro atoms. The van der Waals surface area contributed by atoms with Crippen LogP contribution in [0.1, 0.15) is 24.2 Å². The number of hydrogen-bond acceptors (Lipinski definition) is 3. The molecule has 0 aliphatic heterocycles. The molecule has 82 valence electrons. The molecule has 1 aromatic heterocycles. The summed E-state index contributed by atoms with van der Waals surface area (Å²) in [7, 11) is 0. The van der Waals surface area contributed by atoms with E-state index in [9.17, 15) is 0 Å². The lowest BCUT2D eigenvalue weighted by atomic mass is 10.3. The molecule has 15 heavy (non-hydrogen) atoms. The lowest BCUT2D eigenvalue weighted by Gasteiger charge is -2.09. The zero-order valence-corrected chi connectivity index (χ0v) is 9.20. The van der Waals surface area contributed by atoms with E-state index in [-0.39, 0.29) is 0 Å². The molecule has 0 atom stereocenters. The van der Waals surface area contributed by atoms with Crippen LogP contribution in [0.5, 0.6) is 5.75 Å². The Morgan fingerprint density at radius 1 is 1.53 bits per heavy atom.